The Morgan fingerprint density at radius 1 is 0.259 bits per heavy atom. The molecule has 6 nitrogen and oxygen atoms in total. The van der Waals surface area contributed by atoms with Crippen LogP contribution in [-0.2, 0) is 28.6 Å². The maximum absolute atomic E-state index is 12.9. The van der Waals surface area contributed by atoms with Crippen LogP contribution in [0.25, 0.3) is 0 Å². The number of carbonyl (C=O) groups excluding carboxylic acids is 3. The number of unbranched alkanes of at least 4 members (excludes halogenated alkanes) is 19. The second kappa shape index (κ2) is 67.3. The van der Waals surface area contributed by atoms with Crippen LogP contribution in [0.1, 0.15) is 265 Å². The zero-order valence-corrected chi connectivity index (χ0v) is 52.0. The third-order valence-electron chi connectivity index (χ3n) is 13.2. The average molecular weight is 1120 g/mol. The van der Waals surface area contributed by atoms with Crippen molar-refractivity contribution >= 4 is 17.9 Å². The smallest absolute Gasteiger partial charge is 0.309 e. The molecule has 81 heavy (non-hydrogen) atoms. The van der Waals surface area contributed by atoms with Crippen molar-refractivity contribution in [2.24, 2.45) is 0 Å². The maximum Gasteiger partial charge on any atom is 0.309 e. The van der Waals surface area contributed by atoms with Gasteiger partial charge in [0, 0.05) is 12.8 Å². The molecule has 0 aliphatic carbocycles. The highest BCUT2D eigenvalue weighted by Gasteiger charge is 2.19. The van der Waals surface area contributed by atoms with E-state index in [1.165, 1.54) is 89.9 Å². The molecule has 0 saturated carbocycles. The van der Waals surface area contributed by atoms with Crippen molar-refractivity contribution in [3.8, 4) is 0 Å². The van der Waals surface area contributed by atoms with Gasteiger partial charge in [-0.25, -0.2) is 0 Å². The van der Waals surface area contributed by atoms with Crippen molar-refractivity contribution in [2.45, 2.75) is 271 Å². The molecule has 0 amide bonds. The van der Waals surface area contributed by atoms with Crippen molar-refractivity contribution in [2.75, 3.05) is 13.2 Å². The monoisotopic (exact) mass is 1110 g/mol. The Kier molecular flexibility index (Phi) is 62.9. The Labute approximate surface area is 498 Å². The fraction of sp³-hybridized carbons (Fsp3) is 0.587. The molecule has 454 valence electrons. The summed E-state index contributed by atoms with van der Waals surface area (Å²) in [6.07, 6.45) is 99.7. The number of carbonyl (C=O) groups is 3. The van der Waals surface area contributed by atoms with Gasteiger partial charge in [0.2, 0.25) is 0 Å². The van der Waals surface area contributed by atoms with E-state index in [2.05, 4.69) is 179 Å². The molecule has 6 heteroatoms. The molecule has 0 aliphatic heterocycles. The zero-order chi connectivity index (χ0) is 58.5. The molecule has 1 atom stereocenters. The summed E-state index contributed by atoms with van der Waals surface area (Å²) in [7, 11) is 0. The molecule has 1 unspecified atom stereocenters. The van der Waals surface area contributed by atoms with Crippen LogP contribution in [0.4, 0.5) is 0 Å². The van der Waals surface area contributed by atoms with Crippen LogP contribution in [-0.4, -0.2) is 37.2 Å². The van der Waals surface area contributed by atoms with Gasteiger partial charge in [0.25, 0.3) is 0 Å². The summed E-state index contributed by atoms with van der Waals surface area (Å²) in [5.74, 6) is -1.10. The summed E-state index contributed by atoms with van der Waals surface area (Å²) in [6, 6.07) is 0. The first kappa shape index (κ1) is 75.8. The van der Waals surface area contributed by atoms with E-state index in [9.17, 15) is 14.4 Å². The summed E-state index contributed by atoms with van der Waals surface area (Å²) in [4.78, 5) is 38.3. The SMILES string of the molecule is CC/C=C\C/C=C\C/C=C\C/C=C\C/C=C\CCCCCC(=O)OC(COC(=O)C/C=C\C/C=C\C/C=C\C/C=C\C/C=C\CC)COC(=O)CCCCCCCCCCCCCCCCCC/C=C\C/C=C\C/C=C\C/C=C\CC. The van der Waals surface area contributed by atoms with Gasteiger partial charge in [-0.3, -0.25) is 14.4 Å². The van der Waals surface area contributed by atoms with Gasteiger partial charge < -0.3 is 14.2 Å². The van der Waals surface area contributed by atoms with Gasteiger partial charge in [-0.1, -0.05) is 287 Å². The van der Waals surface area contributed by atoms with E-state index in [0.717, 1.165) is 128 Å². The first-order valence-corrected chi connectivity index (χ1v) is 32.6. The molecule has 0 aromatic heterocycles. The first-order chi connectivity index (χ1) is 40.0. The highest BCUT2D eigenvalue weighted by molar-refractivity contribution is 5.72. The standard InChI is InChI=1S/C75H118O6/c1-4-7-10-13-16-19-22-25-28-30-32-33-34-35-36-37-38-39-40-41-43-44-47-50-53-56-59-62-65-68-74(77)80-71-72(70-79-73(76)67-64-61-58-55-52-49-46-27-24-21-18-15-12-9-6-3)81-75(78)69-66-63-60-57-54-51-48-45-42-31-29-26-23-20-17-14-11-8-5-2/h7-12,16-21,25-29,32-33,42,45-46,51-52,54-55,61,64,72H,4-6,13-15,22-24,30-31,34-41,43-44,47-50,53,56-60,62-63,65-71H2,1-3H3/b10-7-,11-8-,12-9-,19-16-,20-17-,21-18-,28-25-,29-26-,33-32-,45-42-,46-27-,54-51-,55-52-,64-61-. The highest BCUT2D eigenvalue weighted by atomic mass is 16.6. The highest BCUT2D eigenvalue weighted by Crippen LogP contribution is 2.16. The summed E-state index contributed by atoms with van der Waals surface area (Å²) >= 11 is 0. The minimum Gasteiger partial charge on any atom is -0.462 e. The molecule has 0 saturated heterocycles. The first-order valence-electron chi connectivity index (χ1n) is 32.6. The number of esters is 3. The topological polar surface area (TPSA) is 78.9 Å². The second-order valence-corrected chi connectivity index (χ2v) is 20.9. The van der Waals surface area contributed by atoms with E-state index in [4.69, 9.17) is 14.2 Å². The van der Waals surface area contributed by atoms with Crippen LogP contribution >= 0.6 is 0 Å². The van der Waals surface area contributed by atoms with Crippen LogP contribution in [0.2, 0.25) is 0 Å². The second-order valence-electron chi connectivity index (χ2n) is 20.9. The molecular weight excluding hydrogens is 997 g/mol. The van der Waals surface area contributed by atoms with Crippen LogP contribution in [0.3, 0.4) is 0 Å². The van der Waals surface area contributed by atoms with Crippen molar-refractivity contribution < 1.29 is 28.6 Å². The van der Waals surface area contributed by atoms with Crippen LogP contribution in [0.15, 0.2) is 170 Å². The molecule has 0 fully saturated rings. The fourth-order valence-electron chi connectivity index (χ4n) is 8.48. The van der Waals surface area contributed by atoms with Gasteiger partial charge in [0.15, 0.2) is 6.10 Å². The normalized spacial score (nSPS) is 13.3. The van der Waals surface area contributed by atoms with Gasteiger partial charge in [-0.15, -0.1) is 0 Å². The van der Waals surface area contributed by atoms with Crippen LogP contribution in [0, 0.1) is 0 Å². The predicted molar refractivity (Wildman–Crippen MR) is 352 cm³/mol. The molecule has 0 rings (SSSR count). The zero-order valence-electron chi connectivity index (χ0n) is 52.0. The van der Waals surface area contributed by atoms with Gasteiger partial charge in [0.1, 0.15) is 13.2 Å². The van der Waals surface area contributed by atoms with Gasteiger partial charge in [-0.2, -0.15) is 0 Å². The van der Waals surface area contributed by atoms with Crippen LogP contribution in [0.5, 0.6) is 0 Å². The van der Waals surface area contributed by atoms with Gasteiger partial charge in [0.05, 0.1) is 6.42 Å². The maximum atomic E-state index is 12.9. The molecule has 0 radical (unpaired) electrons. The van der Waals surface area contributed by atoms with E-state index >= 15 is 0 Å². The third kappa shape index (κ3) is 65.5. The largest absolute Gasteiger partial charge is 0.462 e. The summed E-state index contributed by atoms with van der Waals surface area (Å²) < 4.78 is 16.8. The lowest BCUT2D eigenvalue weighted by atomic mass is 10.0. The number of allylic oxidation sites excluding steroid dienone is 27. The fourth-order valence-corrected chi connectivity index (χ4v) is 8.48. The minimum atomic E-state index is -0.845. The Morgan fingerprint density at radius 2 is 0.494 bits per heavy atom. The van der Waals surface area contributed by atoms with Crippen molar-refractivity contribution in [1.82, 2.24) is 0 Å². The number of ether oxygens (including phenoxy) is 3. The average Bonchev–Trinajstić information content (AvgIpc) is 3.47. The van der Waals surface area contributed by atoms with E-state index in [0.29, 0.717) is 12.8 Å². The number of hydrogen-bond acceptors (Lipinski definition) is 6. The molecule has 0 spiro atoms. The van der Waals surface area contributed by atoms with Crippen molar-refractivity contribution in [3.05, 3.63) is 170 Å². The third-order valence-corrected chi connectivity index (χ3v) is 13.2. The predicted octanol–water partition coefficient (Wildman–Crippen LogP) is 22.7. The lowest BCUT2D eigenvalue weighted by Gasteiger charge is -2.18. The Balaban J connectivity index is 4.41. The molecule has 0 aromatic carbocycles. The lowest BCUT2D eigenvalue weighted by molar-refractivity contribution is -0.166. The molecule has 0 heterocycles. The minimum absolute atomic E-state index is 0.113. The molecule has 0 aromatic rings. The summed E-state index contributed by atoms with van der Waals surface area (Å²) in [6.45, 7) is 6.18. The van der Waals surface area contributed by atoms with Crippen molar-refractivity contribution in [3.63, 3.8) is 0 Å². The summed E-state index contributed by atoms with van der Waals surface area (Å²) in [5, 5.41) is 0. The molecule has 0 aliphatic rings. The van der Waals surface area contributed by atoms with E-state index in [-0.39, 0.29) is 38.0 Å². The van der Waals surface area contributed by atoms with Gasteiger partial charge >= 0.3 is 17.9 Å². The molecular formula is C75H118O6. The Hall–Kier alpha value is -5.23. The number of hydrogen-bond donors (Lipinski definition) is 0. The van der Waals surface area contributed by atoms with Crippen molar-refractivity contribution in [1.29, 1.82) is 0 Å². The van der Waals surface area contributed by atoms with E-state index in [1.807, 2.05) is 6.08 Å². The lowest BCUT2D eigenvalue weighted by Crippen LogP contribution is -2.30. The van der Waals surface area contributed by atoms with Crippen LogP contribution < -0.4 is 0 Å². The molecule has 0 N–H and O–H groups in total. The quantitative estimate of drug-likeness (QED) is 0.0261. The number of rotatable bonds is 57. The van der Waals surface area contributed by atoms with E-state index < -0.39 is 12.1 Å². The summed E-state index contributed by atoms with van der Waals surface area (Å²) in [5.41, 5.74) is 0. The van der Waals surface area contributed by atoms with E-state index in [1.54, 1.807) is 6.08 Å². The van der Waals surface area contributed by atoms with Gasteiger partial charge in [-0.05, 0) is 128 Å². The Bertz CT molecular complexity index is 1860. The molecule has 0 bridgehead atoms. The Morgan fingerprint density at radius 3 is 0.815 bits per heavy atom.